The molecule has 0 bridgehead atoms. The van der Waals surface area contributed by atoms with Gasteiger partial charge in [0.25, 0.3) is 0 Å². The summed E-state index contributed by atoms with van der Waals surface area (Å²) >= 11 is 2.25. The Morgan fingerprint density at radius 3 is 3.05 bits per heavy atom. The van der Waals surface area contributed by atoms with E-state index in [0.29, 0.717) is 13.1 Å². The average molecular weight is 374 g/mol. The SMILES string of the molecule is Cc1cc(I)ccc1NC(=O)CN1CCCC(O)C1. The molecule has 1 amide bonds. The van der Waals surface area contributed by atoms with Gasteiger partial charge >= 0.3 is 0 Å². The lowest BCUT2D eigenvalue weighted by atomic mass is 10.1. The van der Waals surface area contributed by atoms with Crippen molar-refractivity contribution in [1.82, 2.24) is 4.90 Å². The van der Waals surface area contributed by atoms with Gasteiger partial charge in [0, 0.05) is 15.8 Å². The third-order valence-electron chi connectivity index (χ3n) is 3.31. The summed E-state index contributed by atoms with van der Waals surface area (Å²) < 4.78 is 1.16. The molecule has 0 saturated carbocycles. The van der Waals surface area contributed by atoms with Gasteiger partial charge in [-0.25, -0.2) is 0 Å². The summed E-state index contributed by atoms with van der Waals surface area (Å²) in [6.07, 6.45) is 1.51. The predicted molar refractivity (Wildman–Crippen MR) is 84.2 cm³/mol. The fourth-order valence-electron chi connectivity index (χ4n) is 2.33. The van der Waals surface area contributed by atoms with Crippen LogP contribution in [0.25, 0.3) is 0 Å². The van der Waals surface area contributed by atoms with Crippen LogP contribution in [0.4, 0.5) is 5.69 Å². The highest BCUT2D eigenvalue weighted by atomic mass is 127. The first-order valence-electron chi connectivity index (χ1n) is 6.51. The van der Waals surface area contributed by atoms with E-state index in [0.717, 1.165) is 34.2 Å². The van der Waals surface area contributed by atoms with Crippen LogP contribution in [0.3, 0.4) is 0 Å². The maximum absolute atomic E-state index is 12.0. The van der Waals surface area contributed by atoms with E-state index < -0.39 is 0 Å². The molecule has 1 aliphatic heterocycles. The summed E-state index contributed by atoms with van der Waals surface area (Å²) in [4.78, 5) is 14.0. The molecule has 1 fully saturated rings. The molecule has 1 saturated heterocycles. The zero-order chi connectivity index (χ0) is 13.8. The smallest absolute Gasteiger partial charge is 0.238 e. The van der Waals surface area contributed by atoms with E-state index in [1.807, 2.05) is 30.0 Å². The van der Waals surface area contributed by atoms with Crippen LogP contribution in [0.5, 0.6) is 0 Å². The molecule has 0 aliphatic carbocycles. The molecule has 104 valence electrons. The Balaban J connectivity index is 1.90. The van der Waals surface area contributed by atoms with Crippen LogP contribution in [-0.4, -0.2) is 41.7 Å². The lowest BCUT2D eigenvalue weighted by Gasteiger charge is -2.29. The molecular weight excluding hydrogens is 355 g/mol. The molecule has 1 aliphatic rings. The number of likely N-dealkylation sites (tertiary alicyclic amines) is 1. The third-order valence-corrected chi connectivity index (χ3v) is 3.98. The first-order chi connectivity index (χ1) is 9.04. The zero-order valence-corrected chi connectivity index (χ0v) is 13.2. The van der Waals surface area contributed by atoms with Crippen LogP contribution in [0, 0.1) is 10.5 Å². The number of carbonyl (C=O) groups excluding carboxylic acids is 1. The van der Waals surface area contributed by atoms with Crippen molar-refractivity contribution in [2.45, 2.75) is 25.9 Å². The highest BCUT2D eigenvalue weighted by molar-refractivity contribution is 14.1. The molecule has 0 radical (unpaired) electrons. The number of aliphatic hydroxyl groups is 1. The summed E-state index contributed by atoms with van der Waals surface area (Å²) in [6.45, 7) is 3.82. The second-order valence-corrected chi connectivity index (χ2v) is 6.28. The summed E-state index contributed by atoms with van der Waals surface area (Å²) in [5.74, 6) is -0.0154. The largest absolute Gasteiger partial charge is 0.392 e. The van der Waals surface area contributed by atoms with Crippen LogP contribution in [-0.2, 0) is 4.79 Å². The molecule has 1 atom stereocenters. The van der Waals surface area contributed by atoms with Gasteiger partial charge in [0.05, 0.1) is 12.6 Å². The Morgan fingerprint density at radius 1 is 1.58 bits per heavy atom. The standard InChI is InChI=1S/C14H19IN2O2/c1-10-7-11(15)4-5-13(10)16-14(19)9-17-6-2-3-12(18)8-17/h4-5,7,12,18H,2-3,6,8-9H2,1H3,(H,16,19). The number of aryl methyl sites for hydroxylation is 1. The average Bonchev–Trinajstić information content (AvgIpc) is 2.33. The number of rotatable bonds is 3. The topological polar surface area (TPSA) is 52.6 Å². The molecule has 0 spiro atoms. The van der Waals surface area contributed by atoms with Gasteiger partial charge in [-0.05, 0) is 72.7 Å². The van der Waals surface area contributed by atoms with E-state index in [1.54, 1.807) is 0 Å². The van der Waals surface area contributed by atoms with Gasteiger partial charge in [-0.3, -0.25) is 9.69 Å². The highest BCUT2D eigenvalue weighted by Crippen LogP contribution is 2.18. The van der Waals surface area contributed by atoms with Gasteiger partial charge < -0.3 is 10.4 Å². The molecule has 2 N–H and O–H groups in total. The first-order valence-corrected chi connectivity index (χ1v) is 7.59. The molecule has 5 heteroatoms. The first kappa shape index (κ1) is 14.7. The molecule has 1 aromatic carbocycles. The summed E-state index contributed by atoms with van der Waals surface area (Å²) in [5, 5.41) is 12.5. The fourth-order valence-corrected chi connectivity index (χ4v) is 2.98. The van der Waals surface area contributed by atoms with Gasteiger partial charge in [-0.1, -0.05) is 0 Å². The Hall–Kier alpha value is -0.660. The van der Waals surface area contributed by atoms with Crippen molar-refractivity contribution in [1.29, 1.82) is 0 Å². The number of β-amino-alcohol motifs (C(OH)–C–C–N with tert-alkyl or cyclic N) is 1. The zero-order valence-electron chi connectivity index (χ0n) is 11.0. The van der Waals surface area contributed by atoms with Crippen molar-refractivity contribution in [3.8, 4) is 0 Å². The van der Waals surface area contributed by atoms with Crippen LogP contribution < -0.4 is 5.32 Å². The summed E-state index contributed by atoms with van der Waals surface area (Å²) in [7, 11) is 0. The van der Waals surface area contributed by atoms with Gasteiger partial charge in [0.2, 0.25) is 5.91 Å². The van der Waals surface area contributed by atoms with Gasteiger partial charge in [-0.15, -0.1) is 0 Å². The maximum atomic E-state index is 12.0. The van der Waals surface area contributed by atoms with Gasteiger partial charge in [0.1, 0.15) is 0 Å². The number of amides is 1. The Morgan fingerprint density at radius 2 is 2.37 bits per heavy atom. The quantitative estimate of drug-likeness (QED) is 0.796. The number of benzene rings is 1. The summed E-state index contributed by atoms with van der Waals surface area (Å²) in [6, 6.07) is 5.95. The van der Waals surface area contributed by atoms with Crippen LogP contribution in [0.1, 0.15) is 18.4 Å². The lowest BCUT2D eigenvalue weighted by molar-refractivity contribution is -0.118. The van der Waals surface area contributed by atoms with Crippen molar-refractivity contribution < 1.29 is 9.90 Å². The number of hydrogen-bond donors (Lipinski definition) is 2. The Kier molecular flexibility index (Phi) is 5.18. The molecule has 0 aromatic heterocycles. The number of nitrogens with one attached hydrogen (secondary N) is 1. The molecular formula is C14H19IN2O2. The van der Waals surface area contributed by atoms with Crippen LogP contribution in [0.15, 0.2) is 18.2 Å². The molecule has 2 rings (SSSR count). The summed E-state index contributed by atoms with van der Waals surface area (Å²) in [5.41, 5.74) is 1.93. The number of nitrogens with zero attached hydrogens (tertiary/aromatic N) is 1. The van der Waals surface area contributed by atoms with Crippen molar-refractivity contribution in [2.24, 2.45) is 0 Å². The van der Waals surface area contributed by atoms with E-state index in [4.69, 9.17) is 0 Å². The Labute approximate surface area is 127 Å². The minimum Gasteiger partial charge on any atom is -0.392 e. The number of hydrogen-bond acceptors (Lipinski definition) is 3. The van der Waals surface area contributed by atoms with E-state index >= 15 is 0 Å². The lowest BCUT2D eigenvalue weighted by Crippen LogP contribution is -2.42. The monoisotopic (exact) mass is 374 g/mol. The molecule has 4 nitrogen and oxygen atoms in total. The van der Waals surface area contributed by atoms with Crippen molar-refractivity contribution in [3.63, 3.8) is 0 Å². The minimum atomic E-state index is -0.290. The molecule has 1 aromatic rings. The number of anilines is 1. The minimum absolute atomic E-state index is 0.0154. The Bertz CT molecular complexity index is 465. The van der Waals surface area contributed by atoms with Gasteiger partial charge in [-0.2, -0.15) is 0 Å². The van der Waals surface area contributed by atoms with Crippen molar-refractivity contribution in [2.75, 3.05) is 25.0 Å². The maximum Gasteiger partial charge on any atom is 0.238 e. The second-order valence-electron chi connectivity index (χ2n) is 5.04. The van der Waals surface area contributed by atoms with Gasteiger partial charge in [0.15, 0.2) is 0 Å². The van der Waals surface area contributed by atoms with Crippen LogP contribution in [0.2, 0.25) is 0 Å². The predicted octanol–water partition coefficient (Wildman–Crippen LogP) is 1.99. The van der Waals surface area contributed by atoms with Crippen LogP contribution >= 0.6 is 22.6 Å². The molecule has 1 heterocycles. The van der Waals surface area contributed by atoms with Crippen molar-refractivity contribution >= 4 is 34.2 Å². The van der Waals surface area contributed by atoms with E-state index in [-0.39, 0.29) is 12.0 Å². The second kappa shape index (κ2) is 6.67. The number of carbonyl (C=O) groups is 1. The van der Waals surface area contributed by atoms with E-state index in [1.165, 1.54) is 0 Å². The van der Waals surface area contributed by atoms with Crippen molar-refractivity contribution in [3.05, 3.63) is 27.3 Å². The van der Waals surface area contributed by atoms with E-state index in [2.05, 4.69) is 27.9 Å². The highest BCUT2D eigenvalue weighted by Gasteiger charge is 2.19. The normalized spacial score (nSPS) is 20.3. The molecule has 1 unspecified atom stereocenters. The molecule has 19 heavy (non-hydrogen) atoms. The number of halogens is 1. The third kappa shape index (κ3) is 4.43. The fraction of sp³-hybridized carbons (Fsp3) is 0.500. The van der Waals surface area contributed by atoms with E-state index in [9.17, 15) is 9.90 Å². The number of piperidine rings is 1. The number of aliphatic hydroxyl groups excluding tert-OH is 1.